The molecule has 0 fully saturated rings. The molecule has 0 aliphatic carbocycles. The van der Waals surface area contributed by atoms with E-state index in [1.165, 1.54) is 5.56 Å². The van der Waals surface area contributed by atoms with Gasteiger partial charge in [0.05, 0.1) is 11.9 Å². The van der Waals surface area contributed by atoms with Crippen molar-refractivity contribution in [2.75, 3.05) is 0 Å². The van der Waals surface area contributed by atoms with Gasteiger partial charge in [-0.1, -0.05) is 42.0 Å². The molecule has 6 nitrogen and oxygen atoms in total. The zero-order valence-corrected chi connectivity index (χ0v) is 15.8. The molecule has 0 radical (unpaired) electrons. The monoisotopic (exact) mass is 374 g/mol. The highest BCUT2D eigenvalue weighted by Gasteiger charge is 2.11. The summed E-state index contributed by atoms with van der Waals surface area (Å²) in [5.74, 6) is 0.698. The first-order valence-electron chi connectivity index (χ1n) is 8.52. The Labute approximate surface area is 161 Å². The topological polar surface area (TPSA) is 63.8 Å². The SMILES string of the molecule is Cc1cccc(-c2nn(-c3ccccc3)cc2/C=N\n2c(C)n[nH]c2=S)c1. The van der Waals surface area contributed by atoms with Crippen molar-refractivity contribution in [2.24, 2.45) is 5.10 Å². The molecule has 2 aromatic carbocycles. The quantitative estimate of drug-likeness (QED) is 0.428. The fraction of sp³-hybridized carbons (Fsp3) is 0.100. The van der Waals surface area contributed by atoms with Gasteiger partial charge in [-0.25, -0.2) is 4.68 Å². The maximum atomic E-state index is 5.22. The minimum absolute atomic E-state index is 0.455. The van der Waals surface area contributed by atoms with Gasteiger partial charge in [-0.05, 0) is 44.3 Å². The lowest BCUT2D eigenvalue weighted by atomic mass is 10.1. The molecule has 0 bridgehead atoms. The third-order valence-electron chi connectivity index (χ3n) is 4.18. The summed E-state index contributed by atoms with van der Waals surface area (Å²) >= 11 is 5.22. The zero-order chi connectivity index (χ0) is 18.8. The number of nitrogens with one attached hydrogen (secondary N) is 1. The summed E-state index contributed by atoms with van der Waals surface area (Å²) in [6, 6.07) is 18.3. The van der Waals surface area contributed by atoms with Crippen molar-refractivity contribution < 1.29 is 0 Å². The molecule has 27 heavy (non-hydrogen) atoms. The second kappa shape index (κ2) is 7.13. The summed E-state index contributed by atoms with van der Waals surface area (Å²) in [7, 11) is 0. The molecule has 4 aromatic rings. The van der Waals surface area contributed by atoms with Crippen LogP contribution >= 0.6 is 12.2 Å². The Kier molecular flexibility index (Phi) is 4.52. The maximum Gasteiger partial charge on any atom is 0.216 e. The molecular weight excluding hydrogens is 356 g/mol. The van der Waals surface area contributed by atoms with E-state index in [1.54, 1.807) is 10.9 Å². The molecule has 0 aliphatic rings. The number of aromatic amines is 1. The van der Waals surface area contributed by atoms with Gasteiger partial charge in [-0.2, -0.15) is 20.0 Å². The average molecular weight is 374 g/mol. The third-order valence-corrected chi connectivity index (χ3v) is 4.44. The molecule has 0 spiro atoms. The minimum atomic E-state index is 0.455. The van der Waals surface area contributed by atoms with E-state index < -0.39 is 0 Å². The Bertz CT molecular complexity index is 1170. The highest BCUT2D eigenvalue weighted by Crippen LogP contribution is 2.23. The third kappa shape index (κ3) is 3.50. The molecule has 134 valence electrons. The van der Waals surface area contributed by atoms with E-state index in [4.69, 9.17) is 17.3 Å². The van der Waals surface area contributed by atoms with E-state index >= 15 is 0 Å². The Hall–Kier alpha value is -3.32. The molecule has 0 atom stereocenters. The first kappa shape index (κ1) is 17.1. The fourth-order valence-corrected chi connectivity index (χ4v) is 3.06. The van der Waals surface area contributed by atoms with Crippen molar-refractivity contribution in [3.63, 3.8) is 0 Å². The normalized spacial score (nSPS) is 11.3. The summed E-state index contributed by atoms with van der Waals surface area (Å²) in [5, 5.41) is 16.1. The zero-order valence-electron chi connectivity index (χ0n) is 15.0. The van der Waals surface area contributed by atoms with Crippen LogP contribution in [0.4, 0.5) is 0 Å². The molecule has 0 saturated carbocycles. The number of hydrogen-bond acceptors (Lipinski definition) is 4. The van der Waals surface area contributed by atoms with Crippen molar-refractivity contribution >= 4 is 18.4 Å². The average Bonchev–Trinajstić information content (AvgIpc) is 3.24. The summed E-state index contributed by atoms with van der Waals surface area (Å²) in [6.45, 7) is 3.91. The number of benzene rings is 2. The van der Waals surface area contributed by atoms with Crippen LogP contribution in [0, 0.1) is 18.6 Å². The van der Waals surface area contributed by atoms with Gasteiger partial charge in [0.25, 0.3) is 0 Å². The standard InChI is InChI=1S/C20H18N6S/c1-14-7-6-8-16(11-14)19-17(12-21-26-15(2)22-23-20(26)27)13-25(24-19)18-9-4-3-5-10-18/h3-13H,1-2H3,(H,23,27)/b21-12-. The van der Waals surface area contributed by atoms with Crippen molar-refractivity contribution in [1.29, 1.82) is 0 Å². The molecule has 0 amide bonds. The van der Waals surface area contributed by atoms with Gasteiger partial charge in [0.15, 0.2) is 0 Å². The summed E-state index contributed by atoms with van der Waals surface area (Å²) < 4.78 is 3.91. The number of rotatable bonds is 4. The second-order valence-electron chi connectivity index (χ2n) is 6.21. The summed E-state index contributed by atoms with van der Waals surface area (Å²) in [6.07, 6.45) is 3.73. The molecular formula is C20H18N6S. The van der Waals surface area contributed by atoms with Crippen LogP contribution in [0.5, 0.6) is 0 Å². The molecule has 0 aliphatic heterocycles. The predicted molar refractivity (Wildman–Crippen MR) is 109 cm³/mol. The van der Waals surface area contributed by atoms with Crippen LogP contribution in [0.1, 0.15) is 17.0 Å². The van der Waals surface area contributed by atoms with Crippen LogP contribution in [0.15, 0.2) is 65.9 Å². The van der Waals surface area contributed by atoms with Gasteiger partial charge in [-0.15, -0.1) is 0 Å². The van der Waals surface area contributed by atoms with E-state index in [9.17, 15) is 0 Å². The van der Waals surface area contributed by atoms with Crippen molar-refractivity contribution in [3.8, 4) is 16.9 Å². The van der Waals surface area contributed by atoms with Crippen LogP contribution in [0.2, 0.25) is 0 Å². The number of nitrogens with zero attached hydrogens (tertiary/aromatic N) is 5. The fourth-order valence-electron chi connectivity index (χ4n) is 2.84. The van der Waals surface area contributed by atoms with Gasteiger partial charge in [0.2, 0.25) is 4.77 Å². The lowest BCUT2D eigenvalue weighted by Crippen LogP contribution is -1.94. The Morgan fingerprint density at radius 1 is 1.07 bits per heavy atom. The van der Waals surface area contributed by atoms with Gasteiger partial charge < -0.3 is 0 Å². The van der Waals surface area contributed by atoms with Crippen molar-refractivity contribution in [3.05, 3.63) is 82.5 Å². The Balaban J connectivity index is 1.84. The van der Waals surface area contributed by atoms with Crippen LogP contribution < -0.4 is 0 Å². The molecule has 7 heteroatoms. The van der Waals surface area contributed by atoms with Gasteiger partial charge in [0, 0.05) is 17.3 Å². The van der Waals surface area contributed by atoms with Crippen LogP contribution in [-0.2, 0) is 0 Å². The second-order valence-corrected chi connectivity index (χ2v) is 6.60. The van der Waals surface area contributed by atoms with Gasteiger partial charge in [0.1, 0.15) is 11.5 Å². The summed E-state index contributed by atoms with van der Waals surface area (Å²) in [4.78, 5) is 0. The minimum Gasteiger partial charge on any atom is -0.250 e. The van der Waals surface area contributed by atoms with E-state index in [2.05, 4.69) is 40.4 Å². The maximum absolute atomic E-state index is 5.22. The number of aryl methyl sites for hydroxylation is 2. The van der Waals surface area contributed by atoms with Gasteiger partial charge in [-0.3, -0.25) is 5.10 Å². The number of para-hydroxylation sites is 1. The summed E-state index contributed by atoms with van der Waals surface area (Å²) in [5.41, 5.74) is 4.96. The van der Waals surface area contributed by atoms with E-state index in [0.717, 1.165) is 22.5 Å². The Morgan fingerprint density at radius 2 is 1.89 bits per heavy atom. The number of H-pyrrole nitrogens is 1. The predicted octanol–water partition coefficient (Wildman–Crippen LogP) is 4.29. The van der Waals surface area contributed by atoms with Crippen LogP contribution in [0.25, 0.3) is 16.9 Å². The van der Waals surface area contributed by atoms with Crippen molar-refractivity contribution in [1.82, 2.24) is 24.7 Å². The first-order chi connectivity index (χ1) is 13.1. The molecule has 1 N–H and O–H groups in total. The van der Waals surface area contributed by atoms with E-state index in [1.807, 2.05) is 54.2 Å². The number of aromatic nitrogens is 5. The van der Waals surface area contributed by atoms with Crippen LogP contribution in [0.3, 0.4) is 0 Å². The van der Waals surface area contributed by atoms with Gasteiger partial charge >= 0.3 is 0 Å². The Morgan fingerprint density at radius 3 is 2.59 bits per heavy atom. The molecule has 0 saturated heterocycles. The van der Waals surface area contributed by atoms with Crippen molar-refractivity contribution in [2.45, 2.75) is 13.8 Å². The van der Waals surface area contributed by atoms with E-state index in [0.29, 0.717) is 10.6 Å². The molecule has 2 aromatic heterocycles. The highest BCUT2D eigenvalue weighted by molar-refractivity contribution is 7.71. The van der Waals surface area contributed by atoms with Crippen LogP contribution in [-0.4, -0.2) is 30.9 Å². The largest absolute Gasteiger partial charge is 0.250 e. The smallest absolute Gasteiger partial charge is 0.216 e. The molecule has 4 rings (SSSR count). The highest BCUT2D eigenvalue weighted by atomic mass is 32.1. The molecule has 2 heterocycles. The van der Waals surface area contributed by atoms with E-state index in [-0.39, 0.29) is 0 Å². The number of hydrogen-bond donors (Lipinski definition) is 1. The molecule has 0 unspecified atom stereocenters. The lowest BCUT2D eigenvalue weighted by Gasteiger charge is -2.01. The lowest BCUT2D eigenvalue weighted by molar-refractivity contribution is 0.821. The first-order valence-corrected chi connectivity index (χ1v) is 8.93.